The van der Waals surface area contributed by atoms with Gasteiger partial charge in [0.1, 0.15) is 18.1 Å². The maximum absolute atomic E-state index is 12.2. The number of hydrogen-bond acceptors (Lipinski definition) is 4. The van der Waals surface area contributed by atoms with Gasteiger partial charge in [0.25, 0.3) is 5.91 Å². The summed E-state index contributed by atoms with van der Waals surface area (Å²) in [5.74, 6) is 0.868. The topological polar surface area (TPSA) is 59.9 Å². The zero-order chi connectivity index (χ0) is 17.2. The van der Waals surface area contributed by atoms with Gasteiger partial charge in [0.15, 0.2) is 0 Å². The smallest absolute Gasteiger partial charge is 0.275 e. The molecule has 124 valence electrons. The Bertz CT molecular complexity index is 726. The predicted octanol–water partition coefficient (Wildman–Crippen LogP) is 3.41. The van der Waals surface area contributed by atoms with Gasteiger partial charge >= 0.3 is 0 Å². The fourth-order valence-electron chi connectivity index (χ4n) is 2.02. The van der Waals surface area contributed by atoms with Crippen molar-refractivity contribution in [2.45, 2.75) is 6.92 Å². The van der Waals surface area contributed by atoms with Crippen LogP contribution < -0.4 is 14.9 Å². The van der Waals surface area contributed by atoms with E-state index in [1.165, 1.54) is 0 Å². The number of nitrogens with zero attached hydrogens (tertiary/aromatic N) is 1. The van der Waals surface area contributed by atoms with Crippen LogP contribution in [0.4, 0.5) is 0 Å². The maximum Gasteiger partial charge on any atom is 0.275 e. The molecule has 0 saturated carbocycles. The van der Waals surface area contributed by atoms with Gasteiger partial charge in [-0.15, -0.1) is 0 Å². The highest BCUT2D eigenvalue weighted by molar-refractivity contribution is 5.97. The van der Waals surface area contributed by atoms with Crippen LogP contribution in [0.5, 0.6) is 11.5 Å². The highest BCUT2D eigenvalue weighted by atomic mass is 16.5. The van der Waals surface area contributed by atoms with E-state index in [-0.39, 0.29) is 5.91 Å². The Hall–Kier alpha value is -3.08. The molecule has 0 aliphatic carbocycles. The molecule has 0 aliphatic rings. The van der Waals surface area contributed by atoms with E-state index in [1.807, 2.05) is 37.3 Å². The van der Waals surface area contributed by atoms with Gasteiger partial charge in [-0.05, 0) is 31.2 Å². The molecule has 1 amide bonds. The van der Waals surface area contributed by atoms with Gasteiger partial charge in [-0.2, -0.15) is 5.10 Å². The lowest BCUT2D eigenvalue weighted by Gasteiger charge is -2.08. The summed E-state index contributed by atoms with van der Waals surface area (Å²) in [4.78, 5) is 12.2. The van der Waals surface area contributed by atoms with Gasteiger partial charge in [0, 0.05) is 5.56 Å². The van der Waals surface area contributed by atoms with E-state index >= 15 is 0 Å². The summed E-state index contributed by atoms with van der Waals surface area (Å²) in [7, 11) is 0. The molecule has 0 unspecified atom stereocenters. The highest BCUT2D eigenvalue weighted by Gasteiger charge is 2.10. The molecule has 0 spiro atoms. The number of carbonyl (C=O) groups is 1. The van der Waals surface area contributed by atoms with Gasteiger partial charge < -0.3 is 9.47 Å². The second kappa shape index (κ2) is 9.15. The van der Waals surface area contributed by atoms with Crippen molar-refractivity contribution in [2.24, 2.45) is 5.10 Å². The molecule has 2 aromatic carbocycles. The molecule has 1 N–H and O–H groups in total. The first-order chi connectivity index (χ1) is 11.8. The van der Waals surface area contributed by atoms with Crippen LogP contribution in [0.1, 0.15) is 22.8 Å². The molecule has 0 bridgehead atoms. The number of amides is 1. The van der Waals surface area contributed by atoms with Crippen molar-refractivity contribution < 1.29 is 14.3 Å². The lowest BCUT2D eigenvalue weighted by Crippen LogP contribution is -2.18. The van der Waals surface area contributed by atoms with Crippen molar-refractivity contribution in [2.75, 3.05) is 13.2 Å². The highest BCUT2D eigenvalue weighted by Crippen LogP contribution is 2.18. The van der Waals surface area contributed by atoms with Crippen LogP contribution in [-0.4, -0.2) is 25.3 Å². The minimum atomic E-state index is -0.334. The van der Waals surface area contributed by atoms with Crippen molar-refractivity contribution in [3.05, 3.63) is 72.3 Å². The zero-order valence-electron chi connectivity index (χ0n) is 13.6. The Morgan fingerprint density at radius 3 is 2.58 bits per heavy atom. The fraction of sp³-hybridized carbons (Fsp3) is 0.158. The fourth-order valence-corrected chi connectivity index (χ4v) is 2.02. The van der Waals surface area contributed by atoms with Crippen LogP contribution in [-0.2, 0) is 0 Å². The van der Waals surface area contributed by atoms with Gasteiger partial charge in [-0.25, -0.2) is 5.43 Å². The summed E-state index contributed by atoms with van der Waals surface area (Å²) in [6, 6.07) is 14.5. The van der Waals surface area contributed by atoms with Crippen LogP contribution in [0.2, 0.25) is 0 Å². The third-order valence-electron chi connectivity index (χ3n) is 3.08. The Balaban J connectivity index is 2.07. The summed E-state index contributed by atoms with van der Waals surface area (Å²) >= 11 is 0. The van der Waals surface area contributed by atoms with E-state index in [9.17, 15) is 4.79 Å². The normalized spacial score (nSPS) is 10.4. The Kier molecular flexibility index (Phi) is 6.58. The van der Waals surface area contributed by atoms with E-state index in [1.54, 1.807) is 30.5 Å². The minimum Gasteiger partial charge on any atom is -0.493 e. The second-order valence-corrected chi connectivity index (χ2v) is 4.77. The molecular weight excluding hydrogens is 304 g/mol. The van der Waals surface area contributed by atoms with Crippen LogP contribution in [0, 0.1) is 0 Å². The predicted molar refractivity (Wildman–Crippen MR) is 94.8 cm³/mol. The molecule has 5 nitrogen and oxygen atoms in total. The van der Waals surface area contributed by atoms with E-state index in [2.05, 4.69) is 17.1 Å². The summed E-state index contributed by atoms with van der Waals surface area (Å²) in [5.41, 5.74) is 3.70. The first-order valence-electron chi connectivity index (χ1n) is 7.64. The molecule has 2 rings (SSSR count). The number of ether oxygens (including phenoxy) is 2. The molecule has 0 saturated heterocycles. The van der Waals surface area contributed by atoms with Crippen molar-refractivity contribution in [3.8, 4) is 11.5 Å². The maximum atomic E-state index is 12.2. The van der Waals surface area contributed by atoms with E-state index < -0.39 is 0 Å². The minimum absolute atomic E-state index is 0.334. The van der Waals surface area contributed by atoms with Crippen LogP contribution in [0.25, 0.3) is 0 Å². The van der Waals surface area contributed by atoms with Gasteiger partial charge in [-0.3, -0.25) is 4.79 Å². The quantitative estimate of drug-likeness (QED) is 0.460. The average molecular weight is 324 g/mol. The lowest BCUT2D eigenvalue weighted by atomic mass is 10.2. The number of benzene rings is 2. The molecule has 0 heterocycles. The molecule has 24 heavy (non-hydrogen) atoms. The molecule has 0 radical (unpaired) electrons. The number of nitrogens with one attached hydrogen (secondary N) is 1. The van der Waals surface area contributed by atoms with Crippen LogP contribution >= 0.6 is 0 Å². The Labute approximate surface area is 141 Å². The molecule has 0 fully saturated rings. The van der Waals surface area contributed by atoms with Crippen molar-refractivity contribution in [1.82, 2.24) is 5.43 Å². The number of rotatable bonds is 8. The third kappa shape index (κ3) is 4.71. The van der Waals surface area contributed by atoms with Gasteiger partial charge in [-0.1, -0.05) is 36.9 Å². The summed E-state index contributed by atoms with van der Waals surface area (Å²) in [6.45, 7) is 6.38. The lowest BCUT2D eigenvalue weighted by molar-refractivity contribution is 0.0951. The third-order valence-corrected chi connectivity index (χ3v) is 3.08. The van der Waals surface area contributed by atoms with Crippen molar-refractivity contribution in [3.63, 3.8) is 0 Å². The number of hydrogen-bond donors (Lipinski definition) is 1. The van der Waals surface area contributed by atoms with Gasteiger partial charge in [0.05, 0.1) is 18.4 Å². The Morgan fingerprint density at radius 1 is 1.12 bits per heavy atom. The largest absolute Gasteiger partial charge is 0.493 e. The molecule has 0 aromatic heterocycles. The molecule has 5 heteroatoms. The van der Waals surface area contributed by atoms with E-state index in [0.29, 0.717) is 30.3 Å². The standard InChI is InChI=1S/C19H20N2O3/c1-3-13-24-17-11-7-5-9-15(17)14-20-21-19(22)16-10-6-8-12-18(16)23-4-2/h3,5-12,14H,1,4,13H2,2H3,(H,21,22)/b20-14+. The monoisotopic (exact) mass is 324 g/mol. The molecule has 0 atom stereocenters. The van der Waals surface area contributed by atoms with Gasteiger partial charge in [0.2, 0.25) is 0 Å². The molecule has 2 aromatic rings. The summed E-state index contributed by atoms with van der Waals surface area (Å²) < 4.78 is 11.0. The zero-order valence-corrected chi connectivity index (χ0v) is 13.6. The first-order valence-corrected chi connectivity index (χ1v) is 7.64. The summed E-state index contributed by atoms with van der Waals surface area (Å²) in [6.07, 6.45) is 3.21. The van der Waals surface area contributed by atoms with E-state index in [4.69, 9.17) is 9.47 Å². The molecule has 0 aliphatic heterocycles. The van der Waals surface area contributed by atoms with Crippen LogP contribution in [0.3, 0.4) is 0 Å². The van der Waals surface area contributed by atoms with Crippen molar-refractivity contribution in [1.29, 1.82) is 0 Å². The number of carbonyl (C=O) groups excluding carboxylic acids is 1. The molecular formula is C19H20N2O3. The van der Waals surface area contributed by atoms with Crippen molar-refractivity contribution >= 4 is 12.1 Å². The second-order valence-electron chi connectivity index (χ2n) is 4.77. The Morgan fingerprint density at radius 2 is 1.83 bits per heavy atom. The number of para-hydroxylation sites is 2. The SMILES string of the molecule is C=CCOc1ccccc1/C=N/NC(=O)c1ccccc1OCC. The number of hydrazone groups is 1. The van der Waals surface area contributed by atoms with Crippen LogP contribution in [0.15, 0.2) is 66.3 Å². The van der Waals surface area contributed by atoms with E-state index in [0.717, 1.165) is 5.56 Å². The summed E-state index contributed by atoms with van der Waals surface area (Å²) in [5, 5.41) is 4.00. The average Bonchev–Trinajstić information content (AvgIpc) is 2.61. The first kappa shape index (κ1) is 17.3.